The number of urea groups is 1. The zero-order chi connectivity index (χ0) is 20.8. The van der Waals surface area contributed by atoms with Crippen LogP contribution in [0.1, 0.15) is 16.1 Å². The molecule has 0 fully saturated rings. The minimum Gasteiger partial charge on any atom is -0.459 e. The first kappa shape index (κ1) is 20.3. The first-order valence-electron chi connectivity index (χ1n) is 8.88. The molecule has 150 valence electrons. The van der Waals surface area contributed by atoms with E-state index in [9.17, 15) is 9.59 Å². The van der Waals surface area contributed by atoms with Gasteiger partial charge in [0, 0.05) is 32.0 Å². The van der Waals surface area contributed by atoms with Gasteiger partial charge in [0.1, 0.15) is 0 Å². The zero-order valence-corrected chi connectivity index (χ0v) is 16.8. The van der Waals surface area contributed by atoms with E-state index in [1.807, 2.05) is 43.3 Å². The molecule has 0 radical (unpaired) electrons. The van der Waals surface area contributed by atoms with Gasteiger partial charge in [-0.2, -0.15) is 0 Å². The van der Waals surface area contributed by atoms with Crippen molar-refractivity contribution in [3.05, 3.63) is 77.2 Å². The highest BCUT2D eigenvalue weighted by Crippen LogP contribution is 2.26. The maximum absolute atomic E-state index is 12.2. The Hall–Kier alpha value is -3.45. The Morgan fingerprint density at radius 2 is 1.86 bits per heavy atom. The molecule has 0 spiro atoms. The molecule has 0 unspecified atom stereocenters. The summed E-state index contributed by atoms with van der Waals surface area (Å²) in [5.74, 6) is -0.226. The quantitative estimate of drug-likeness (QED) is 0.553. The number of nitrogens with one attached hydrogen (secondary N) is 3. The summed E-state index contributed by atoms with van der Waals surface area (Å²) in [7, 11) is 3.92. The predicted molar refractivity (Wildman–Crippen MR) is 115 cm³/mol. The molecule has 0 aliphatic heterocycles. The Morgan fingerprint density at radius 3 is 2.55 bits per heavy atom. The Kier molecular flexibility index (Phi) is 6.41. The lowest BCUT2D eigenvalue weighted by Gasteiger charge is -2.14. The van der Waals surface area contributed by atoms with E-state index in [0.29, 0.717) is 22.9 Å². The maximum atomic E-state index is 12.2. The van der Waals surface area contributed by atoms with Gasteiger partial charge in [-0.25, -0.2) is 4.79 Å². The van der Waals surface area contributed by atoms with Gasteiger partial charge >= 0.3 is 6.03 Å². The fourth-order valence-corrected chi connectivity index (χ4v) is 2.82. The van der Waals surface area contributed by atoms with E-state index >= 15 is 0 Å². The van der Waals surface area contributed by atoms with Crippen LogP contribution in [0.25, 0.3) is 0 Å². The molecular weight excluding hydrogens is 392 g/mol. The van der Waals surface area contributed by atoms with Crippen molar-refractivity contribution in [1.82, 2.24) is 5.32 Å². The Bertz CT molecular complexity index is 1000. The maximum Gasteiger partial charge on any atom is 0.319 e. The number of furan rings is 1. The molecule has 1 heterocycles. The van der Waals surface area contributed by atoms with Gasteiger partial charge in [-0.3, -0.25) is 4.79 Å². The van der Waals surface area contributed by atoms with E-state index < -0.39 is 5.91 Å². The molecule has 0 saturated carbocycles. The van der Waals surface area contributed by atoms with Gasteiger partial charge in [-0.1, -0.05) is 23.7 Å². The van der Waals surface area contributed by atoms with E-state index in [1.54, 1.807) is 30.3 Å². The molecule has 3 N–H and O–H groups in total. The smallest absolute Gasteiger partial charge is 0.319 e. The van der Waals surface area contributed by atoms with E-state index in [-0.39, 0.29) is 11.8 Å². The van der Waals surface area contributed by atoms with Gasteiger partial charge in [-0.15, -0.1) is 0 Å². The van der Waals surface area contributed by atoms with Crippen LogP contribution in [0.3, 0.4) is 0 Å². The fourth-order valence-electron chi connectivity index (χ4n) is 2.59. The van der Waals surface area contributed by atoms with E-state index in [2.05, 4.69) is 16.0 Å². The van der Waals surface area contributed by atoms with Gasteiger partial charge in [-0.05, 0) is 48.0 Å². The van der Waals surface area contributed by atoms with Crippen molar-refractivity contribution in [1.29, 1.82) is 0 Å². The lowest BCUT2D eigenvalue weighted by atomic mass is 10.2. The third-order valence-electron chi connectivity index (χ3n) is 4.10. The Morgan fingerprint density at radius 1 is 1.03 bits per heavy atom. The van der Waals surface area contributed by atoms with Crippen LogP contribution in [0.5, 0.6) is 0 Å². The van der Waals surface area contributed by atoms with Crippen molar-refractivity contribution in [3.63, 3.8) is 0 Å². The number of nitrogens with zero attached hydrogens (tertiary/aromatic N) is 1. The third-order valence-corrected chi connectivity index (χ3v) is 4.41. The molecule has 8 heteroatoms. The number of halogens is 1. The van der Waals surface area contributed by atoms with Gasteiger partial charge in [0.2, 0.25) is 0 Å². The second-order valence-electron chi connectivity index (χ2n) is 6.50. The summed E-state index contributed by atoms with van der Waals surface area (Å²) >= 11 is 6.22. The largest absolute Gasteiger partial charge is 0.459 e. The lowest BCUT2D eigenvalue weighted by molar-refractivity contribution is 0.0996. The third kappa shape index (κ3) is 5.52. The van der Waals surface area contributed by atoms with Crippen LogP contribution in [0.15, 0.2) is 65.3 Å². The Balaban J connectivity index is 1.56. The number of carbonyl (C=O) groups excluding carboxylic acids is 2. The number of rotatable bonds is 6. The van der Waals surface area contributed by atoms with E-state index in [0.717, 1.165) is 11.3 Å². The molecule has 0 aliphatic rings. The second kappa shape index (κ2) is 9.16. The number of hydrogen-bond donors (Lipinski definition) is 3. The predicted octanol–water partition coefficient (Wildman–Crippen LogP) is 4.57. The second-order valence-corrected chi connectivity index (χ2v) is 6.91. The lowest BCUT2D eigenvalue weighted by Crippen LogP contribution is -2.28. The van der Waals surface area contributed by atoms with Crippen molar-refractivity contribution < 1.29 is 14.0 Å². The number of anilines is 3. The molecule has 3 aromatic rings. The molecule has 3 rings (SSSR count). The molecule has 0 saturated heterocycles. The SMILES string of the molecule is CN(C)c1cccc(CNC(=O)Nc2ccc(NC(=O)c3ccco3)c(Cl)c2)c1. The van der Waals surface area contributed by atoms with Gasteiger partial charge in [0.05, 0.1) is 17.0 Å². The van der Waals surface area contributed by atoms with Crippen molar-refractivity contribution in [2.24, 2.45) is 0 Å². The minimum absolute atomic E-state index is 0.181. The average Bonchev–Trinajstić information content (AvgIpc) is 3.24. The van der Waals surface area contributed by atoms with Crippen LogP contribution in [-0.4, -0.2) is 26.0 Å². The summed E-state index contributed by atoms with van der Waals surface area (Å²) in [5, 5.41) is 8.48. The highest BCUT2D eigenvalue weighted by Gasteiger charge is 2.12. The van der Waals surface area contributed by atoms with Gasteiger partial charge < -0.3 is 25.3 Å². The zero-order valence-electron chi connectivity index (χ0n) is 16.0. The van der Waals surface area contributed by atoms with Crippen LogP contribution in [-0.2, 0) is 6.54 Å². The van der Waals surface area contributed by atoms with Crippen LogP contribution in [0.4, 0.5) is 21.9 Å². The highest BCUT2D eigenvalue weighted by atomic mass is 35.5. The van der Waals surface area contributed by atoms with Crippen molar-refractivity contribution in [2.75, 3.05) is 29.6 Å². The molecule has 0 bridgehead atoms. The monoisotopic (exact) mass is 412 g/mol. The van der Waals surface area contributed by atoms with Crippen LogP contribution < -0.4 is 20.9 Å². The van der Waals surface area contributed by atoms with Gasteiger partial charge in [0.25, 0.3) is 5.91 Å². The molecule has 0 atom stereocenters. The normalized spacial score (nSPS) is 10.3. The number of benzene rings is 2. The Labute approximate surface area is 173 Å². The molecule has 29 heavy (non-hydrogen) atoms. The minimum atomic E-state index is -0.407. The summed E-state index contributed by atoms with van der Waals surface area (Å²) in [5.41, 5.74) is 2.97. The van der Waals surface area contributed by atoms with E-state index in [4.69, 9.17) is 16.0 Å². The summed E-state index contributed by atoms with van der Waals surface area (Å²) in [6.45, 7) is 0.387. The summed E-state index contributed by atoms with van der Waals surface area (Å²) in [4.78, 5) is 26.2. The van der Waals surface area contributed by atoms with Gasteiger partial charge in [0.15, 0.2) is 5.76 Å². The van der Waals surface area contributed by atoms with E-state index in [1.165, 1.54) is 6.26 Å². The molecule has 0 aliphatic carbocycles. The summed E-state index contributed by atoms with van der Waals surface area (Å²) in [6.07, 6.45) is 1.42. The molecular formula is C21H21ClN4O3. The summed E-state index contributed by atoms with van der Waals surface area (Å²) < 4.78 is 5.04. The van der Waals surface area contributed by atoms with Crippen molar-refractivity contribution in [2.45, 2.75) is 6.54 Å². The molecule has 1 aromatic heterocycles. The number of amides is 3. The summed E-state index contributed by atoms with van der Waals surface area (Å²) in [6, 6.07) is 15.5. The fraction of sp³-hybridized carbons (Fsp3) is 0.143. The first-order valence-corrected chi connectivity index (χ1v) is 9.25. The van der Waals surface area contributed by atoms with Crippen LogP contribution in [0, 0.1) is 0 Å². The standard InChI is InChI=1S/C21H21ClN4O3/c1-26(2)16-6-3-5-14(11-16)13-23-21(28)24-15-8-9-18(17(22)12-15)25-20(27)19-7-4-10-29-19/h3-12H,13H2,1-2H3,(H,25,27)(H2,23,24,28). The molecule has 2 aromatic carbocycles. The number of hydrogen-bond acceptors (Lipinski definition) is 4. The average molecular weight is 413 g/mol. The number of carbonyl (C=O) groups is 2. The molecule has 7 nitrogen and oxygen atoms in total. The van der Waals surface area contributed by atoms with Crippen molar-refractivity contribution >= 4 is 40.6 Å². The van der Waals surface area contributed by atoms with Crippen molar-refractivity contribution in [3.8, 4) is 0 Å². The molecule has 3 amide bonds. The first-order chi connectivity index (χ1) is 13.9. The van der Waals surface area contributed by atoms with Crippen LogP contribution in [0.2, 0.25) is 5.02 Å². The highest BCUT2D eigenvalue weighted by molar-refractivity contribution is 6.34. The van der Waals surface area contributed by atoms with Crippen LogP contribution >= 0.6 is 11.6 Å². The topological polar surface area (TPSA) is 86.6 Å².